The van der Waals surface area contributed by atoms with E-state index in [9.17, 15) is 26.3 Å². The minimum atomic E-state index is -4.54. The van der Waals surface area contributed by atoms with Gasteiger partial charge in [-0.15, -0.1) is 0 Å². The molecule has 4 rings (SSSR count). The summed E-state index contributed by atoms with van der Waals surface area (Å²) in [5, 5.41) is 7.55. The van der Waals surface area contributed by atoms with Crippen LogP contribution in [0.3, 0.4) is 0 Å². The fourth-order valence-electron chi connectivity index (χ4n) is 3.25. The van der Waals surface area contributed by atoms with Gasteiger partial charge in [-0.25, -0.2) is 4.68 Å². The maximum Gasteiger partial charge on any atom is 0.416 e. The lowest BCUT2D eigenvalue weighted by atomic mass is 10.0. The van der Waals surface area contributed by atoms with Crippen molar-refractivity contribution in [2.45, 2.75) is 18.8 Å². The Hall–Kier alpha value is -2.68. The number of rotatable bonds is 2. The van der Waals surface area contributed by atoms with Crippen LogP contribution in [0.1, 0.15) is 16.7 Å². The number of hydrogen-bond acceptors (Lipinski definition) is 2. The van der Waals surface area contributed by atoms with E-state index in [1.54, 1.807) is 0 Å². The van der Waals surface area contributed by atoms with Gasteiger partial charge in [0.15, 0.2) is 0 Å². The number of hydrogen-bond donors (Lipinski definition) is 1. The molecular formula is C19H12ClF6N3. The molecule has 1 aromatic heterocycles. The quantitative estimate of drug-likeness (QED) is 0.490. The first-order valence-corrected chi connectivity index (χ1v) is 8.84. The Labute approximate surface area is 165 Å². The van der Waals surface area contributed by atoms with E-state index in [-0.39, 0.29) is 16.3 Å². The largest absolute Gasteiger partial charge is 0.416 e. The van der Waals surface area contributed by atoms with Crippen molar-refractivity contribution in [1.82, 2.24) is 9.78 Å². The van der Waals surface area contributed by atoms with Gasteiger partial charge in [-0.05, 0) is 48.9 Å². The zero-order chi connectivity index (χ0) is 21.0. The van der Waals surface area contributed by atoms with Crippen LogP contribution < -0.4 is 5.32 Å². The maximum atomic E-state index is 13.1. The molecule has 3 aromatic rings. The predicted molar refractivity (Wildman–Crippen MR) is 96.2 cm³/mol. The average Bonchev–Trinajstić information content (AvgIpc) is 3.23. The highest BCUT2D eigenvalue weighted by Gasteiger charge is 2.33. The SMILES string of the molecule is FC(F)(F)c1ccc(-n2nc(-c3cc(C(F)(F)F)ccc3Cl)c3c2NCC3)cc1. The van der Waals surface area contributed by atoms with Gasteiger partial charge in [0.25, 0.3) is 0 Å². The van der Waals surface area contributed by atoms with Crippen LogP contribution in [0.15, 0.2) is 42.5 Å². The Morgan fingerprint density at radius 2 is 1.52 bits per heavy atom. The summed E-state index contributed by atoms with van der Waals surface area (Å²) in [4.78, 5) is 0. The molecule has 10 heteroatoms. The molecule has 152 valence electrons. The van der Waals surface area contributed by atoms with Crippen molar-refractivity contribution >= 4 is 17.4 Å². The van der Waals surface area contributed by atoms with Crippen LogP contribution in [0.4, 0.5) is 32.2 Å². The van der Waals surface area contributed by atoms with Gasteiger partial charge in [-0.1, -0.05) is 11.6 Å². The van der Waals surface area contributed by atoms with Crippen molar-refractivity contribution in [3.8, 4) is 16.9 Å². The Morgan fingerprint density at radius 1 is 0.897 bits per heavy atom. The average molecular weight is 432 g/mol. The Balaban J connectivity index is 1.83. The highest BCUT2D eigenvalue weighted by Crippen LogP contribution is 2.40. The van der Waals surface area contributed by atoms with Crippen LogP contribution in [0.25, 0.3) is 16.9 Å². The first kappa shape index (κ1) is 19.6. The number of halogens is 7. The van der Waals surface area contributed by atoms with Crippen LogP contribution in [0, 0.1) is 0 Å². The molecule has 0 atom stereocenters. The summed E-state index contributed by atoms with van der Waals surface area (Å²) in [6, 6.07) is 7.34. The molecule has 1 aliphatic heterocycles. The highest BCUT2D eigenvalue weighted by atomic mass is 35.5. The number of nitrogens with one attached hydrogen (secondary N) is 1. The lowest BCUT2D eigenvalue weighted by Gasteiger charge is -2.10. The van der Waals surface area contributed by atoms with Crippen molar-refractivity contribution in [2.24, 2.45) is 0 Å². The zero-order valence-corrected chi connectivity index (χ0v) is 15.3. The number of nitrogens with zero attached hydrogens (tertiary/aromatic N) is 2. The van der Waals surface area contributed by atoms with Crippen LogP contribution in [-0.4, -0.2) is 16.3 Å². The molecule has 0 fully saturated rings. The summed E-state index contributed by atoms with van der Waals surface area (Å²) in [5.74, 6) is 0.522. The Kier molecular flexibility index (Phi) is 4.53. The molecule has 0 aliphatic carbocycles. The van der Waals surface area contributed by atoms with Crippen LogP contribution in [-0.2, 0) is 18.8 Å². The van der Waals surface area contributed by atoms with Crippen molar-refractivity contribution in [3.63, 3.8) is 0 Å². The lowest BCUT2D eigenvalue weighted by Crippen LogP contribution is -2.07. The van der Waals surface area contributed by atoms with Crippen LogP contribution in [0.2, 0.25) is 5.02 Å². The number of alkyl halides is 6. The summed E-state index contributed by atoms with van der Waals surface area (Å²) in [6.07, 6.45) is -8.52. The molecule has 2 aromatic carbocycles. The van der Waals surface area contributed by atoms with Gasteiger partial charge < -0.3 is 5.32 Å². The normalized spacial score (nSPS) is 14.0. The van der Waals surface area contributed by atoms with Crippen LogP contribution in [0.5, 0.6) is 0 Å². The molecule has 0 saturated carbocycles. The van der Waals surface area contributed by atoms with E-state index in [0.717, 1.165) is 30.3 Å². The lowest BCUT2D eigenvalue weighted by molar-refractivity contribution is -0.138. The summed E-state index contributed by atoms with van der Waals surface area (Å²) < 4.78 is 79.2. The van der Waals surface area contributed by atoms with Gasteiger partial charge >= 0.3 is 12.4 Å². The first-order chi connectivity index (χ1) is 13.6. The molecule has 29 heavy (non-hydrogen) atoms. The van der Waals surface area contributed by atoms with E-state index in [1.165, 1.54) is 16.8 Å². The van der Waals surface area contributed by atoms with Gasteiger partial charge in [0.1, 0.15) is 5.82 Å². The summed E-state index contributed by atoms with van der Waals surface area (Å²) in [7, 11) is 0. The predicted octanol–water partition coefficient (Wildman–Crippen LogP) is 6.20. The highest BCUT2D eigenvalue weighted by molar-refractivity contribution is 6.33. The second-order valence-electron chi connectivity index (χ2n) is 6.50. The molecular weight excluding hydrogens is 420 g/mol. The topological polar surface area (TPSA) is 29.9 Å². The summed E-state index contributed by atoms with van der Waals surface area (Å²) in [6.45, 7) is 0.525. The van der Waals surface area contributed by atoms with Gasteiger partial charge in [0.2, 0.25) is 0 Å². The van der Waals surface area contributed by atoms with E-state index >= 15 is 0 Å². The smallest absolute Gasteiger partial charge is 0.369 e. The molecule has 0 amide bonds. The molecule has 2 heterocycles. The molecule has 0 spiro atoms. The summed E-state index contributed by atoms with van der Waals surface area (Å²) >= 11 is 6.15. The van der Waals surface area contributed by atoms with Crippen molar-refractivity contribution < 1.29 is 26.3 Å². The van der Waals surface area contributed by atoms with Gasteiger partial charge in [0.05, 0.1) is 27.5 Å². The van der Waals surface area contributed by atoms with Crippen molar-refractivity contribution in [3.05, 3.63) is 64.2 Å². The fourth-order valence-corrected chi connectivity index (χ4v) is 3.46. The van der Waals surface area contributed by atoms with Gasteiger partial charge in [-0.2, -0.15) is 31.4 Å². The standard InChI is InChI=1S/C19H12ClF6N3/c20-15-6-3-11(19(24,25)26)9-14(15)16-13-7-8-27-17(13)29(28-16)12-4-1-10(2-5-12)18(21,22)23/h1-6,9,27H,7-8H2. The van der Waals surface area contributed by atoms with E-state index in [4.69, 9.17) is 11.6 Å². The second-order valence-corrected chi connectivity index (χ2v) is 6.91. The fraction of sp³-hybridized carbons (Fsp3) is 0.211. The molecule has 0 bridgehead atoms. The molecule has 0 radical (unpaired) electrons. The van der Waals surface area contributed by atoms with Gasteiger partial charge in [0, 0.05) is 17.7 Å². The van der Waals surface area contributed by atoms with E-state index < -0.39 is 23.5 Å². The third-order valence-electron chi connectivity index (χ3n) is 4.64. The van der Waals surface area contributed by atoms with Crippen molar-refractivity contribution in [1.29, 1.82) is 0 Å². The molecule has 0 unspecified atom stereocenters. The van der Waals surface area contributed by atoms with E-state index in [0.29, 0.717) is 30.0 Å². The second kappa shape index (κ2) is 6.69. The minimum absolute atomic E-state index is 0.102. The number of anilines is 1. The summed E-state index contributed by atoms with van der Waals surface area (Å²) in [5.41, 5.74) is -0.280. The van der Waals surface area contributed by atoms with Crippen molar-refractivity contribution in [2.75, 3.05) is 11.9 Å². The number of aromatic nitrogens is 2. The molecule has 3 nitrogen and oxygen atoms in total. The Morgan fingerprint density at radius 3 is 2.14 bits per heavy atom. The molecule has 1 aliphatic rings. The number of fused-ring (bicyclic) bond motifs is 1. The van der Waals surface area contributed by atoms with E-state index in [2.05, 4.69) is 10.4 Å². The third-order valence-corrected chi connectivity index (χ3v) is 4.97. The molecule has 1 N–H and O–H groups in total. The third kappa shape index (κ3) is 3.55. The van der Waals surface area contributed by atoms with Crippen LogP contribution >= 0.6 is 11.6 Å². The number of benzene rings is 2. The first-order valence-electron chi connectivity index (χ1n) is 8.46. The minimum Gasteiger partial charge on any atom is -0.369 e. The Bertz CT molecular complexity index is 1070. The zero-order valence-electron chi connectivity index (χ0n) is 14.5. The monoisotopic (exact) mass is 431 g/mol. The maximum absolute atomic E-state index is 13.1. The van der Waals surface area contributed by atoms with Gasteiger partial charge in [-0.3, -0.25) is 0 Å². The molecule has 0 saturated heterocycles. The van der Waals surface area contributed by atoms with E-state index in [1.807, 2.05) is 0 Å².